The van der Waals surface area contributed by atoms with E-state index in [1.165, 1.54) is 21.4 Å². The van der Waals surface area contributed by atoms with Crippen LogP contribution < -0.4 is 20.5 Å². The summed E-state index contributed by atoms with van der Waals surface area (Å²) in [5.74, 6) is 1.71. The molecule has 9 heteroatoms. The van der Waals surface area contributed by atoms with Gasteiger partial charge in [-0.3, -0.25) is 0 Å². The first-order valence-corrected chi connectivity index (χ1v) is 10.6. The molecule has 30 heavy (non-hydrogen) atoms. The van der Waals surface area contributed by atoms with Crippen molar-refractivity contribution in [2.24, 2.45) is 10.7 Å². The number of anilines is 1. The van der Waals surface area contributed by atoms with E-state index in [9.17, 15) is 0 Å². The lowest BCUT2D eigenvalue weighted by molar-refractivity contribution is 0.385. The zero-order valence-electron chi connectivity index (χ0n) is 16.4. The van der Waals surface area contributed by atoms with Gasteiger partial charge in [0.1, 0.15) is 11.5 Å². The molecular formula is C21H21BrN4O2S2. The number of thiazole rings is 1. The van der Waals surface area contributed by atoms with E-state index in [-0.39, 0.29) is 22.9 Å². The number of nitrogens with zero attached hydrogens (tertiary/aromatic N) is 2. The number of benzene rings is 2. The van der Waals surface area contributed by atoms with Gasteiger partial charge in [-0.15, -0.1) is 39.7 Å². The summed E-state index contributed by atoms with van der Waals surface area (Å²) >= 11 is 3.21. The topological polar surface area (TPSA) is 81.8 Å². The second-order valence-electron chi connectivity index (χ2n) is 6.15. The van der Waals surface area contributed by atoms with E-state index in [2.05, 4.69) is 32.8 Å². The van der Waals surface area contributed by atoms with E-state index in [0.29, 0.717) is 23.2 Å². The number of fused-ring (bicyclic) bond motifs is 1. The Morgan fingerprint density at radius 1 is 1.03 bits per heavy atom. The largest absolute Gasteiger partial charge is 0.496 e. The molecule has 0 aliphatic carbocycles. The number of nitrogens with two attached hydrogens (primary N) is 1. The summed E-state index contributed by atoms with van der Waals surface area (Å²) < 4.78 is 12.0. The van der Waals surface area contributed by atoms with Gasteiger partial charge in [0.25, 0.3) is 0 Å². The summed E-state index contributed by atoms with van der Waals surface area (Å²) in [6.45, 7) is 0.333. The summed E-state index contributed by atoms with van der Waals surface area (Å²) in [6.07, 6.45) is 0. The highest BCUT2D eigenvalue weighted by atomic mass is 79.9. The molecule has 0 saturated carbocycles. The maximum absolute atomic E-state index is 6.08. The van der Waals surface area contributed by atoms with Crippen LogP contribution in [0.15, 0.2) is 58.2 Å². The number of thiophene rings is 1. The molecule has 0 atom stereocenters. The van der Waals surface area contributed by atoms with Gasteiger partial charge < -0.3 is 20.5 Å². The van der Waals surface area contributed by atoms with Crippen LogP contribution in [-0.2, 0) is 6.54 Å². The first-order chi connectivity index (χ1) is 14.2. The number of hydrogen-bond donors (Lipinski definition) is 2. The predicted molar refractivity (Wildman–Crippen MR) is 132 cm³/mol. The Hall–Kier alpha value is -2.62. The van der Waals surface area contributed by atoms with Crippen LogP contribution in [0.5, 0.6) is 11.5 Å². The molecule has 0 aliphatic rings. The summed E-state index contributed by atoms with van der Waals surface area (Å²) in [7, 11) is 3.24. The third-order valence-electron chi connectivity index (χ3n) is 4.43. The van der Waals surface area contributed by atoms with Gasteiger partial charge >= 0.3 is 0 Å². The Bertz CT molecular complexity index is 1150. The second kappa shape index (κ2) is 9.92. The van der Waals surface area contributed by atoms with Crippen LogP contribution in [0.1, 0.15) is 5.56 Å². The molecule has 0 bridgehead atoms. The van der Waals surface area contributed by atoms with Crippen molar-refractivity contribution in [1.29, 1.82) is 0 Å². The van der Waals surface area contributed by atoms with Crippen molar-refractivity contribution in [3.63, 3.8) is 0 Å². The Balaban J connectivity index is 0.00000256. The van der Waals surface area contributed by atoms with Gasteiger partial charge in [-0.2, -0.15) is 0 Å². The first kappa shape index (κ1) is 22.1. The Kier molecular flexibility index (Phi) is 7.30. The number of guanidine groups is 1. The third-order valence-corrected chi connectivity index (χ3v) is 6.15. The SMILES string of the molecule is Br.COc1cccc(OC)c1CN=C(N)Nc1nc(-c2csc3ccccc23)cs1. The van der Waals surface area contributed by atoms with Gasteiger partial charge in [0.05, 0.1) is 32.0 Å². The minimum absolute atomic E-state index is 0. The molecule has 0 aliphatic heterocycles. The molecule has 0 spiro atoms. The standard InChI is InChI=1S/C21H20N4O2S2.BrH/c1-26-17-7-5-8-18(27-2)14(17)10-23-20(22)25-21-24-16(12-29-21)15-11-28-19-9-4-3-6-13(15)19;/h3-9,11-12H,10H2,1-2H3,(H3,22,23,24,25);1H. The lowest BCUT2D eigenvalue weighted by Crippen LogP contribution is -2.22. The quantitative estimate of drug-likeness (QED) is 0.265. The van der Waals surface area contributed by atoms with E-state index in [1.54, 1.807) is 25.6 Å². The maximum atomic E-state index is 6.08. The summed E-state index contributed by atoms with van der Waals surface area (Å²) in [5.41, 5.74) is 8.97. The second-order valence-corrected chi connectivity index (χ2v) is 7.92. The van der Waals surface area contributed by atoms with Gasteiger partial charge in [-0.1, -0.05) is 24.3 Å². The molecule has 156 valence electrons. The number of methoxy groups -OCH3 is 2. The van der Waals surface area contributed by atoms with Crippen LogP contribution in [0.25, 0.3) is 21.3 Å². The fourth-order valence-electron chi connectivity index (χ4n) is 3.03. The minimum Gasteiger partial charge on any atom is -0.496 e. The number of halogens is 1. The predicted octanol–water partition coefficient (Wildman–Crippen LogP) is 5.55. The third kappa shape index (κ3) is 4.58. The van der Waals surface area contributed by atoms with Crippen molar-refractivity contribution in [2.45, 2.75) is 6.54 Å². The summed E-state index contributed by atoms with van der Waals surface area (Å²) in [6, 6.07) is 13.9. The number of nitrogens with one attached hydrogen (secondary N) is 1. The van der Waals surface area contributed by atoms with Crippen molar-refractivity contribution in [2.75, 3.05) is 19.5 Å². The van der Waals surface area contributed by atoms with Crippen molar-refractivity contribution in [1.82, 2.24) is 4.98 Å². The van der Waals surface area contributed by atoms with Crippen molar-refractivity contribution >= 4 is 60.8 Å². The molecule has 2 aromatic heterocycles. The normalized spacial score (nSPS) is 11.2. The van der Waals surface area contributed by atoms with Crippen molar-refractivity contribution < 1.29 is 9.47 Å². The number of aliphatic imine (C=N–C) groups is 1. The van der Waals surface area contributed by atoms with Crippen LogP contribution in [-0.4, -0.2) is 25.2 Å². The maximum Gasteiger partial charge on any atom is 0.195 e. The summed E-state index contributed by atoms with van der Waals surface area (Å²) in [5, 5.41) is 9.13. The average molecular weight is 505 g/mol. The Morgan fingerprint density at radius 3 is 2.50 bits per heavy atom. The molecule has 0 unspecified atom stereocenters. The van der Waals surface area contributed by atoms with Crippen LogP contribution in [0, 0.1) is 0 Å². The highest BCUT2D eigenvalue weighted by Crippen LogP contribution is 2.35. The van der Waals surface area contributed by atoms with Crippen LogP contribution in [0.3, 0.4) is 0 Å². The van der Waals surface area contributed by atoms with Crippen LogP contribution >= 0.6 is 39.7 Å². The molecule has 4 aromatic rings. The minimum atomic E-state index is 0. The highest BCUT2D eigenvalue weighted by molar-refractivity contribution is 8.93. The van der Waals surface area contributed by atoms with E-state index in [1.807, 2.05) is 35.7 Å². The molecule has 0 radical (unpaired) electrons. The molecule has 0 saturated heterocycles. The lowest BCUT2D eigenvalue weighted by Gasteiger charge is -2.11. The fourth-order valence-corrected chi connectivity index (χ4v) is 4.70. The zero-order chi connectivity index (χ0) is 20.2. The Labute approximate surface area is 193 Å². The van der Waals surface area contributed by atoms with Crippen molar-refractivity contribution in [3.05, 3.63) is 58.8 Å². The molecule has 0 amide bonds. The van der Waals surface area contributed by atoms with Crippen LogP contribution in [0.4, 0.5) is 5.13 Å². The molecular weight excluding hydrogens is 484 g/mol. The van der Waals surface area contributed by atoms with Gasteiger partial charge in [-0.25, -0.2) is 9.98 Å². The average Bonchev–Trinajstić information content (AvgIpc) is 3.38. The lowest BCUT2D eigenvalue weighted by atomic mass is 10.1. The van der Waals surface area contributed by atoms with Gasteiger partial charge in [0.2, 0.25) is 0 Å². The smallest absolute Gasteiger partial charge is 0.195 e. The monoisotopic (exact) mass is 504 g/mol. The molecule has 3 N–H and O–H groups in total. The molecule has 6 nitrogen and oxygen atoms in total. The van der Waals surface area contributed by atoms with E-state index >= 15 is 0 Å². The van der Waals surface area contributed by atoms with E-state index in [0.717, 1.165) is 16.8 Å². The Morgan fingerprint density at radius 2 is 1.77 bits per heavy atom. The number of rotatable bonds is 6. The van der Waals surface area contributed by atoms with Crippen LogP contribution in [0.2, 0.25) is 0 Å². The number of aromatic nitrogens is 1. The van der Waals surface area contributed by atoms with E-state index in [4.69, 9.17) is 15.2 Å². The summed E-state index contributed by atoms with van der Waals surface area (Å²) in [4.78, 5) is 9.09. The molecule has 2 heterocycles. The zero-order valence-corrected chi connectivity index (χ0v) is 19.8. The fraction of sp³-hybridized carbons (Fsp3) is 0.143. The highest BCUT2D eigenvalue weighted by Gasteiger charge is 2.12. The molecule has 0 fully saturated rings. The van der Waals surface area contributed by atoms with E-state index < -0.39 is 0 Å². The number of ether oxygens (including phenoxy) is 2. The molecule has 2 aromatic carbocycles. The van der Waals surface area contributed by atoms with Gasteiger partial charge in [0.15, 0.2) is 11.1 Å². The first-order valence-electron chi connectivity index (χ1n) is 8.88. The van der Waals surface area contributed by atoms with Crippen molar-refractivity contribution in [3.8, 4) is 22.8 Å². The van der Waals surface area contributed by atoms with Gasteiger partial charge in [-0.05, 0) is 18.2 Å². The number of hydrogen-bond acceptors (Lipinski definition) is 6. The molecule has 4 rings (SSSR count). The van der Waals surface area contributed by atoms with Gasteiger partial charge in [0, 0.05) is 26.4 Å².